The van der Waals surface area contributed by atoms with Gasteiger partial charge >= 0.3 is 0 Å². The fourth-order valence-corrected chi connectivity index (χ4v) is 4.36. The van der Waals surface area contributed by atoms with Crippen molar-refractivity contribution in [1.29, 1.82) is 0 Å². The molecule has 1 amide bonds. The Morgan fingerprint density at radius 2 is 2.03 bits per heavy atom. The molecule has 1 saturated heterocycles. The summed E-state index contributed by atoms with van der Waals surface area (Å²) >= 11 is 6.25. The Hall–Kier alpha value is -2.57. The first-order chi connectivity index (χ1) is 14.5. The normalized spacial score (nSPS) is 20.0. The Bertz CT molecular complexity index is 901. The first kappa shape index (κ1) is 22.1. The molecule has 2 unspecified atom stereocenters. The van der Waals surface area contributed by atoms with Crippen molar-refractivity contribution in [2.75, 3.05) is 27.2 Å². The van der Waals surface area contributed by atoms with E-state index < -0.39 is 5.91 Å². The number of nitrogens with two attached hydrogens (primary N) is 1. The number of likely N-dealkylation sites (tertiary alicyclic amines) is 1. The molecule has 0 bridgehead atoms. The number of guanidine groups is 1. The van der Waals surface area contributed by atoms with Crippen LogP contribution in [-0.2, 0) is 6.54 Å². The average molecular weight is 428 g/mol. The zero-order valence-electron chi connectivity index (χ0n) is 17.6. The minimum atomic E-state index is -0.423. The molecule has 0 aromatic heterocycles. The van der Waals surface area contributed by atoms with Crippen LogP contribution in [0.2, 0.25) is 5.02 Å². The molecule has 7 heteroatoms. The number of halogens is 1. The molecule has 2 aromatic rings. The predicted molar refractivity (Wildman–Crippen MR) is 123 cm³/mol. The van der Waals surface area contributed by atoms with Gasteiger partial charge in [-0.25, -0.2) is 0 Å². The van der Waals surface area contributed by atoms with Gasteiger partial charge in [0.05, 0.1) is 0 Å². The summed E-state index contributed by atoms with van der Waals surface area (Å²) in [5.74, 6) is 0.754. The number of hydrogen-bond acceptors (Lipinski definition) is 3. The smallest absolute Gasteiger partial charge is 0.248 e. The maximum atomic E-state index is 11.4. The van der Waals surface area contributed by atoms with Crippen LogP contribution >= 0.6 is 11.6 Å². The molecule has 2 aromatic carbocycles. The number of benzene rings is 2. The van der Waals surface area contributed by atoms with Gasteiger partial charge in [0, 0.05) is 36.8 Å². The highest BCUT2D eigenvalue weighted by Gasteiger charge is 2.30. The summed E-state index contributed by atoms with van der Waals surface area (Å²) < 4.78 is 0. The maximum absolute atomic E-state index is 11.4. The van der Waals surface area contributed by atoms with Crippen LogP contribution in [0.1, 0.15) is 40.4 Å². The van der Waals surface area contributed by atoms with E-state index in [9.17, 15) is 4.79 Å². The molecule has 0 radical (unpaired) electrons. The highest BCUT2D eigenvalue weighted by atomic mass is 35.5. The van der Waals surface area contributed by atoms with Crippen molar-refractivity contribution < 1.29 is 4.79 Å². The van der Waals surface area contributed by atoms with Crippen molar-refractivity contribution in [2.45, 2.75) is 25.4 Å². The van der Waals surface area contributed by atoms with Crippen LogP contribution in [0.4, 0.5) is 0 Å². The van der Waals surface area contributed by atoms with Crippen LogP contribution in [0.25, 0.3) is 0 Å². The van der Waals surface area contributed by atoms with E-state index in [2.05, 4.69) is 39.7 Å². The quantitative estimate of drug-likeness (QED) is 0.488. The lowest BCUT2D eigenvalue weighted by Gasteiger charge is -2.40. The van der Waals surface area contributed by atoms with Gasteiger partial charge in [0.1, 0.15) is 0 Å². The lowest BCUT2D eigenvalue weighted by Crippen LogP contribution is -2.44. The van der Waals surface area contributed by atoms with Crippen molar-refractivity contribution in [2.24, 2.45) is 16.6 Å². The summed E-state index contributed by atoms with van der Waals surface area (Å²) in [6.07, 6.45) is 2.32. The number of primary amides is 1. The standard InChI is InChI=1S/C23H30ClN5O/c1-26-23(27-14-16-6-3-8-18(12-16)22(25)30)28-15-19-9-5-11-29(2)21(19)17-7-4-10-20(24)13-17/h3-4,6-8,10,12-13,19,21H,5,9,11,14-15H2,1-2H3,(H2,25,30)(H2,26,27,28). The van der Waals surface area contributed by atoms with Crippen molar-refractivity contribution in [3.05, 3.63) is 70.2 Å². The largest absolute Gasteiger partial charge is 0.366 e. The molecule has 6 nitrogen and oxygen atoms in total. The van der Waals surface area contributed by atoms with Crippen molar-refractivity contribution in [3.63, 3.8) is 0 Å². The predicted octanol–water partition coefficient (Wildman–Crippen LogP) is 3.19. The first-order valence-corrected chi connectivity index (χ1v) is 10.6. The van der Waals surface area contributed by atoms with E-state index in [1.54, 1.807) is 19.2 Å². The van der Waals surface area contributed by atoms with Crippen LogP contribution in [0, 0.1) is 5.92 Å². The number of nitrogens with one attached hydrogen (secondary N) is 2. The van der Waals surface area contributed by atoms with Gasteiger partial charge in [0.15, 0.2) is 5.96 Å². The van der Waals surface area contributed by atoms with Gasteiger partial charge in [0.25, 0.3) is 0 Å². The number of piperidine rings is 1. The highest BCUT2D eigenvalue weighted by Crippen LogP contribution is 2.35. The van der Waals surface area contributed by atoms with Gasteiger partial charge in [0.2, 0.25) is 5.91 Å². The zero-order valence-corrected chi connectivity index (χ0v) is 18.3. The molecule has 1 heterocycles. The fourth-order valence-electron chi connectivity index (χ4n) is 4.16. The van der Waals surface area contributed by atoms with Crippen LogP contribution in [-0.4, -0.2) is 44.0 Å². The molecule has 160 valence electrons. The number of nitrogens with zero attached hydrogens (tertiary/aromatic N) is 2. The maximum Gasteiger partial charge on any atom is 0.248 e. The number of carbonyl (C=O) groups is 1. The molecule has 1 aliphatic heterocycles. The Labute approximate surface area is 183 Å². The molecule has 0 saturated carbocycles. The van der Waals surface area contributed by atoms with E-state index in [1.807, 2.05) is 24.3 Å². The lowest BCUT2D eigenvalue weighted by atomic mass is 9.85. The molecule has 3 rings (SSSR count). The van der Waals surface area contributed by atoms with E-state index in [0.29, 0.717) is 24.1 Å². The van der Waals surface area contributed by atoms with Crippen LogP contribution in [0.3, 0.4) is 0 Å². The van der Waals surface area contributed by atoms with Crippen LogP contribution in [0.5, 0.6) is 0 Å². The molecular formula is C23H30ClN5O. The van der Waals surface area contributed by atoms with E-state index in [1.165, 1.54) is 12.0 Å². The van der Waals surface area contributed by atoms with E-state index in [0.717, 1.165) is 36.1 Å². The Morgan fingerprint density at radius 3 is 2.77 bits per heavy atom. The van der Waals surface area contributed by atoms with Crippen LogP contribution < -0.4 is 16.4 Å². The minimum Gasteiger partial charge on any atom is -0.366 e. The Morgan fingerprint density at radius 1 is 1.23 bits per heavy atom. The van der Waals surface area contributed by atoms with E-state index in [4.69, 9.17) is 17.3 Å². The van der Waals surface area contributed by atoms with Gasteiger partial charge in [-0.1, -0.05) is 35.9 Å². The van der Waals surface area contributed by atoms with Gasteiger partial charge in [-0.2, -0.15) is 0 Å². The van der Waals surface area contributed by atoms with Crippen molar-refractivity contribution >= 4 is 23.5 Å². The summed E-state index contributed by atoms with van der Waals surface area (Å²) in [5.41, 5.74) is 8.10. The third-order valence-electron chi connectivity index (χ3n) is 5.62. The van der Waals surface area contributed by atoms with Gasteiger partial charge in [-0.05, 0) is 67.7 Å². The molecule has 1 fully saturated rings. The topological polar surface area (TPSA) is 82.7 Å². The zero-order chi connectivity index (χ0) is 21.5. The molecule has 4 N–H and O–H groups in total. The number of amides is 1. The molecular weight excluding hydrogens is 398 g/mol. The van der Waals surface area contributed by atoms with Gasteiger partial charge < -0.3 is 16.4 Å². The summed E-state index contributed by atoms with van der Waals surface area (Å²) in [5, 5.41) is 7.56. The van der Waals surface area contributed by atoms with Crippen LogP contribution in [0.15, 0.2) is 53.5 Å². The molecule has 2 atom stereocenters. The lowest BCUT2D eigenvalue weighted by molar-refractivity contribution is 0.1000. The van der Waals surface area contributed by atoms with Gasteiger partial charge in [-0.3, -0.25) is 14.7 Å². The second-order valence-electron chi connectivity index (χ2n) is 7.75. The Balaban J connectivity index is 1.61. The summed E-state index contributed by atoms with van der Waals surface area (Å²) in [6.45, 7) is 2.45. The molecule has 0 spiro atoms. The summed E-state index contributed by atoms with van der Waals surface area (Å²) in [4.78, 5) is 18.1. The fraction of sp³-hybridized carbons (Fsp3) is 0.391. The van der Waals surface area contributed by atoms with Crippen molar-refractivity contribution in [1.82, 2.24) is 15.5 Å². The number of hydrogen-bond donors (Lipinski definition) is 3. The number of aliphatic imine (C=N–C) groups is 1. The summed E-state index contributed by atoms with van der Waals surface area (Å²) in [6, 6.07) is 15.8. The van der Waals surface area contributed by atoms with Crippen molar-refractivity contribution in [3.8, 4) is 0 Å². The van der Waals surface area contributed by atoms with Gasteiger partial charge in [-0.15, -0.1) is 0 Å². The monoisotopic (exact) mass is 427 g/mol. The average Bonchev–Trinajstić information content (AvgIpc) is 2.74. The second-order valence-corrected chi connectivity index (χ2v) is 8.19. The first-order valence-electron chi connectivity index (χ1n) is 10.3. The minimum absolute atomic E-state index is 0.315. The van der Waals surface area contributed by atoms with E-state index >= 15 is 0 Å². The number of carbonyl (C=O) groups excluding carboxylic acids is 1. The Kier molecular flexibility index (Phi) is 7.71. The number of rotatable bonds is 6. The SMILES string of the molecule is CN=C(NCc1cccc(C(N)=O)c1)NCC1CCCN(C)C1c1cccc(Cl)c1. The molecule has 30 heavy (non-hydrogen) atoms. The third kappa shape index (κ3) is 5.74. The molecule has 1 aliphatic rings. The molecule has 0 aliphatic carbocycles. The van der Waals surface area contributed by atoms with E-state index in [-0.39, 0.29) is 0 Å². The summed E-state index contributed by atoms with van der Waals surface area (Å²) in [7, 11) is 3.94. The second kappa shape index (κ2) is 10.5. The third-order valence-corrected chi connectivity index (χ3v) is 5.86. The highest BCUT2D eigenvalue weighted by molar-refractivity contribution is 6.30.